The molecule has 0 radical (unpaired) electrons. The van der Waals surface area contributed by atoms with Crippen LogP contribution >= 0.6 is 0 Å². The Morgan fingerprint density at radius 1 is 0.948 bits per heavy atom. The zero-order valence-corrected chi connectivity index (χ0v) is 36.4. The first kappa shape index (κ1) is 49.9. The summed E-state index contributed by atoms with van der Waals surface area (Å²) in [5.74, 6) is -7.51. The largest absolute Gasteiger partial charge is 0.456 e. The Hall–Kier alpha value is -2.49. The molecule has 3 heterocycles. The molecule has 0 aromatic rings. The maximum Gasteiger partial charge on any atom is 0.329 e. The van der Waals surface area contributed by atoms with Crippen molar-refractivity contribution in [2.45, 2.75) is 194 Å². The van der Waals surface area contributed by atoms with E-state index in [0.29, 0.717) is 49.7 Å². The predicted molar refractivity (Wildman–Crippen MR) is 220 cm³/mol. The summed E-state index contributed by atoms with van der Waals surface area (Å²) in [6.45, 7) is 16.3. The molecule has 0 aromatic carbocycles. The van der Waals surface area contributed by atoms with Crippen LogP contribution in [0.25, 0.3) is 0 Å². The first-order valence-corrected chi connectivity index (χ1v) is 21.7. The molecule has 2 saturated heterocycles. The van der Waals surface area contributed by atoms with E-state index in [4.69, 9.17) is 9.47 Å². The maximum absolute atomic E-state index is 14.1. The molecule has 2 fully saturated rings. The molecule has 7 N–H and O–H groups in total. The van der Waals surface area contributed by atoms with Crippen molar-refractivity contribution in [1.29, 1.82) is 0 Å². The van der Waals surface area contributed by atoms with Gasteiger partial charge in [0.2, 0.25) is 5.79 Å². The number of amides is 1. The molecule has 58 heavy (non-hydrogen) atoms. The Morgan fingerprint density at radius 2 is 1.60 bits per heavy atom. The van der Waals surface area contributed by atoms with Crippen LogP contribution in [-0.2, 0) is 23.9 Å². The van der Waals surface area contributed by atoms with E-state index in [2.05, 4.69) is 0 Å². The molecule has 0 aromatic heterocycles. The molecule has 332 valence electrons. The Balaban J connectivity index is 2.04. The quantitative estimate of drug-likeness (QED) is 0.120. The van der Waals surface area contributed by atoms with Gasteiger partial charge in [-0.25, -0.2) is 4.79 Å². The summed E-state index contributed by atoms with van der Waals surface area (Å²) in [5, 5.41) is 77.5. The Morgan fingerprint density at radius 3 is 2.24 bits per heavy atom. The molecule has 2 bridgehead atoms. The van der Waals surface area contributed by atoms with Crippen LogP contribution < -0.4 is 0 Å². The van der Waals surface area contributed by atoms with Gasteiger partial charge in [0, 0.05) is 37.1 Å². The molecule has 0 saturated carbocycles. The summed E-state index contributed by atoms with van der Waals surface area (Å²) in [7, 11) is 0. The lowest BCUT2D eigenvalue weighted by atomic mass is 9.83. The Bertz CT molecular complexity index is 1460. The highest BCUT2D eigenvalue weighted by Gasteiger charge is 2.53. The third kappa shape index (κ3) is 13.3. The first-order valence-electron chi connectivity index (χ1n) is 21.7. The van der Waals surface area contributed by atoms with Crippen molar-refractivity contribution in [2.24, 2.45) is 29.6 Å². The lowest BCUT2D eigenvalue weighted by Gasteiger charge is -2.43. The van der Waals surface area contributed by atoms with Crippen molar-refractivity contribution < 1.29 is 59.6 Å². The maximum atomic E-state index is 14.1. The van der Waals surface area contributed by atoms with E-state index in [0.717, 1.165) is 5.57 Å². The van der Waals surface area contributed by atoms with Crippen LogP contribution in [-0.4, -0.2) is 126 Å². The van der Waals surface area contributed by atoms with Crippen molar-refractivity contribution in [3.05, 3.63) is 34.9 Å². The van der Waals surface area contributed by atoms with Gasteiger partial charge in [0.1, 0.15) is 12.1 Å². The topological polar surface area (TPSA) is 215 Å². The highest BCUT2D eigenvalue weighted by Crippen LogP contribution is 2.37. The molecule has 15 unspecified atom stereocenters. The second-order valence-electron chi connectivity index (χ2n) is 18.0. The number of nitrogens with zero attached hydrogens (tertiary/aromatic N) is 1. The number of aliphatic hydroxyl groups is 7. The van der Waals surface area contributed by atoms with Crippen LogP contribution in [0.1, 0.15) is 133 Å². The summed E-state index contributed by atoms with van der Waals surface area (Å²) < 4.78 is 12.1. The average Bonchev–Trinajstić information content (AvgIpc) is 3.17. The lowest BCUT2D eigenvalue weighted by molar-refractivity contribution is -0.266. The molecular weight excluding hydrogens is 746 g/mol. The van der Waals surface area contributed by atoms with Crippen LogP contribution in [0.4, 0.5) is 0 Å². The molecule has 13 heteroatoms. The molecule has 1 amide bonds. The fourth-order valence-electron chi connectivity index (χ4n) is 8.63. The third-order valence-corrected chi connectivity index (χ3v) is 13.0. The van der Waals surface area contributed by atoms with Gasteiger partial charge in [-0.3, -0.25) is 9.59 Å². The van der Waals surface area contributed by atoms with E-state index in [1.807, 2.05) is 45.9 Å². The fourth-order valence-corrected chi connectivity index (χ4v) is 8.63. The number of ether oxygens (including phenoxy) is 2. The van der Waals surface area contributed by atoms with Gasteiger partial charge < -0.3 is 50.1 Å². The number of aliphatic hydroxyl groups excluding tert-OH is 6. The first-order chi connectivity index (χ1) is 27.1. The van der Waals surface area contributed by atoms with Crippen LogP contribution in [0, 0.1) is 29.6 Å². The summed E-state index contributed by atoms with van der Waals surface area (Å²) in [4.78, 5) is 43.3. The monoisotopic (exact) mass is 822 g/mol. The number of hydrogen-bond acceptors (Lipinski definition) is 12. The van der Waals surface area contributed by atoms with Gasteiger partial charge in [0.15, 0.2) is 0 Å². The number of Topliss-reactive ketones (excluding diaryl/α,β-unsaturated/α-hetero) is 1. The van der Waals surface area contributed by atoms with Crippen LogP contribution in [0.2, 0.25) is 0 Å². The number of cyclic esters (lactones) is 1. The summed E-state index contributed by atoms with van der Waals surface area (Å²) in [6.07, 6.45) is 1.31. The van der Waals surface area contributed by atoms with E-state index in [1.54, 1.807) is 34.6 Å². The second-order valence-corrected chi connectivity index (χ2v) is 18.0. The van der Waals surface area contributed by atoms with Crippen LogP contribution in [0.5, 0.6) is 0 Å². The van der Waals surface area contributed by atoms with Crippen molar-refractivity contribution in [3.8, 4) is 0 Å². The molecule has 13 nitrogen and oxygen atoms in total. The summed E-state index contributed by atoms with van der Waals surface area (Å²) in [6, 6.07) is -1.10. The van der Waals surface area contributed by atoms with E-state index in [1.165, 1.54) is 4.90 Å². The predicted octanol–water partition coefficient (Wildman–Crippen LogP) is 4.27. The molecule has 15 atom stereocenters. The summed E-state index contributed by atoms with van der Waals surface area (Å²) >= 11 is 0. The van der Waals surface area contributed by atoms with Crippen molar-refractivity contribution in [2.75, 3.05) is 6.54 Å². The van der Waals surface area contributed by atoms with E-state index >= 15 is 0 Å². The number of carbonyl (C=O) groups is 3. The minimum atomic E-state index is -2.52. The highest BCUT2D eigenvalue weighted by molar-refractivity contribution is 6.39. The van der Waals surface area contributed by atoms with Crippen LogP contribution in [0.15, 0.2) is 34.9 Å². The molecular formula is C45H75NO12. The van der Waals surface area contributed by atoms with Crippen molar-refractivity contribution in [1.82, 2.24) is 4.90 Å². The number of rotatable bonds is 4. The SMILES string of the molecule is CCC1=CCC(/C(C)=C/C(C)C(C)O)OC(=O)C2CCCCN2C(=O)C(=O)C2(O)OC(CCC2C)CC(O)C(C)C(O)CC(O)CC(O)C(C)=CC(C)CC(C)C1O. The Kier molecular flexibility index (Phi) is 19.2. The van der Waals surface area contributed by atoms with Gasteiger partial charge in [-0.2, -0.15) is 0 Å². The number of esters is 1. The third-order valence-electron chi connectivity index (χ3n) is 13.0. The number of fused-ring (bicyclic) bond motifs is 3. The second kappa shape index (κ2) is 22.4. The van der Waals surface area contributed by atoms with E-state index in [-0.39, 0.29) is 56.4 Å². The molecule has 3 aliphatic heterocycles. The number of carbonyl (C=O) groups excluding carboxylic acids is 3. The zero-order chi connectivity index (χ0) is 43.6. The van der Waals surface area contributed by atoms with Crippen molar-refractivity contribution >= 4 is 17.7 Å². The van der Waals surface area contributed by atoms with Gasteiger partial charge in [-0.15, -0.1) is 0 Å². The van der Waals surface area contributed by atoms with Gasteiger partial charge >= 0.3 is 5.97 Å². The smallest absolute Gasteiger partial charge is 0.329 e. The number of ketones is 1. The molecule has 0 spiro atoms. The zero-order valence-electron chi connectivity index (χ0n) is 36.4. The standard InChI is InChI=1S/C45H75NO12/c1-10-33-15-17-40(28(5)21-26(3)32(9)47)57-44(55)36-13-11-12-18-46(36)43(54)42(53)45(56)30(7)14-16-35(58-45)24-39(51)31(8)38(50)23-34(48)22-37(49)27(4)19-25(2)20-29(6)41(33)52/h15,19,21,25-26,29-32,34-41,47-52,56H,10-14,16-18,20,22-24H2,1-9H3/b27-19?,28-21+,33-15?. The van der Waals surface area contributed by atoms with Crippen molar-refractivity contribution in [3.63, 3.8) is 0 Å². The molecule has 0 aliphatic carbocycles. The van der Waals surface area contributed by atoms with Gasteiger partial charge in [-0.05, 0) is 107 Å². The van der Waals surface area contributed by atoms with E-state index < -0.39 is 90.2 Å². The number of hydrogen-bond donors (Lipinski definition) is 7. The Labute approximate surface area is 346 Å². The van der Waals surface area contributed by atoms with Gasteiger partial charge in [-0.1, -0.05) is 59.8 Å². The molecule has 3 rings (SSSR count). The van der Waals surface area contributed by atoms with Crippen LogP contribution in [0.3, 0.4) is 0 Å². The lowest BCUT2D eigenvalue weighted by Crippen LogP contribution is -2.61. The summed E-state index contributed by atoms with van der Waals surface area (Å²) in [5.41, 5.74) is 2.08. The fraction of sp³-hybridized carbons (Fsp3) is 0.800. The normalized spacial score (nSPS) is 39.1. The molecule has 3 aliphatic rings. The minimum absolute atomic E-state index is 0.0316. The van der Waals surface area contributed by atoms with Gasteiger partial charge in [0.05, 0.1) is 42.7 Å². The average molecular weight is 822 g/mol. The minimum Gasteiger partial charge on any atom is -0.456 e. The number of piperidine rings is 1. The van der Waals surface area contributed by atoms with E-state index in [9.17, 15) is 50.1 Å². The number of allylic oxidation sites excluding steroid dienone is 1. The van der Waals surface area contributed by atoms with Gasteiger partial charge in [0.25, 0.3) is 11.7 Å². The highest BCUT2D eigenvalue weighted by atomic mass is 16.6.